The molecule has 3 heteroatoms. The van der Waals surface area contributed by atoms with E-state index in [1.165, 1.54) is 50.3 Å². The number of aromatic nitrogens is 2. The van der Waals surface area contributed by atoms with Gasteiger partial charge in [-0.3, -0.25) is 4.90 Å². The van der Waals surface area contributed by atoms with Gasteiger partial charge >= 0.3 is 0 Å². The first-order valence-corrected chi connectivity index (χ1v) is 7.10. The third-order valence-corrected chi connectivity index (χ3v) is 4.41. The number of aryl methyl sites for hydroxylation is 1. The van der Waals surface area contributed by atoms with Gasteiger partial charge in [0.15, 0.2) is 0 Å². The molecule has 0 saturated carbocycles. The molecule has 1 aromatic heterocycles. The van der Waals surface area contributed by atoms with Crippen molar-refractivity contribution in [1.29, 1.82) is 0 Å². The summed E-state index contributed by atoms with van der Waals surface area (Å²) in [5.74, 6) is 1.98. The van der Waals surface area contributed by atoms with Gasteiger partial charge in [-0.15, -0.1) is 0 Å². The van der Waals surface area contributed by atoms with Crippen molar-refractivity contribution < 1.29 is 0 Å². The van der Waals surface area contributed by atoms with E-state index >= 15 is 0 Å². The number of fused-ring (bicyclic) bond motifs is 1. The summed E-state index contributed by atoms with van der Waals surface area (Å²) in [4.78, 5) is 7.50. The number of imidazole rings is 1. The van der Waals surface area contributed by atoms with Crippen LogP contribution in [0.25, 0.3) is 0 Å². The zero-order valence-electron chi connectivity index (χ0n) is 11.0. The van der Waals surface area contributed by atoms with Gasteiger partial charge in [-0.2, -0.15) is 0 Å². The smallest absolute Gasteiger partial charge is 0.111 e. The molecule has 1 saturated heterocycles. The van der Waals surface area contributed by atoms with Crippen molar-refractivity contribution in [3.05, 3.63) is 17.7 Å². The number of rotatable bonds is 2. The molecule has 3 heterocycles. The SMILES string of the molecule is CCN1CCCC1c1cn2c(n1)C(C)CCC2. The van der Waals surface area contributed by atoms with E-state index in [1.807, 2.05) is 0 Å². The highest BCUT2D eigenvalue weighted by atomic mass is 15.2. The zero-order chi connectivity index (χ0) is 11.8. The molecule has 2 aliphatic rings. The predicted octanol–water partition coefficient (Wildman–Crippen LogP) is 2.94. The molecule has 0 spiro atoms. The van der Waals surface area contributed by atoms with Crippen LogP contribution in [0.1, 0.15) is 63.0 Å². The molecule has 0 aromatic carbocycles. The van der Waals surface area contributed by atoms with Gasteiger partial charge in [-0.05, 0) is 38.8 Å². The highest BCUT2D eigenvalue weighted by molar-refractivity contribution is 5.14. The molecule has 0 radical (unpaired) electrons. The van der Waals surface area contributed by atoms with E-state index in [4.69, 9.17) is 4.98 Å². The fraction of sp³-hybridized carbons (Fsp3) is 0.786. The number of hydrogen-bond acceptors (Lipinski definition) is 2. The van der Waals surface area contributed by atoms with E-state index < -0.39 is 0 Å². The quantitative estimate of drug-likeness (QED) is 0.783. The Labute approximate surface area is 104 Å². The second-order valence-corrected chi connectivity index (χ2v) is 5.55. The normalized spacial score (nSPS) is 29.5. The Morgan fingerprint density at radius 3 is 2.88 bits per heavy atom. The van der Waals surface area contributed by atoms with Crippen LogP contribution in [-0.4, -0.2) is 27.5 Å². The summed E-state index contributed by atoms with van der Waals surface area (Å²) in [6.07, 6.45) is 7.56. The molecule has 1 fully saturated rings. The lowest BCUT2D eigenvalue weighted by molar-refractivity contribution is 0.267. The number of nitrogens with zero attached hydrogens (tertiary/aromatic N) is 3. The van der Waals surface area contributed by atoms with Crippen LogP contribution in [0.3, 0.4) is 0 Å². The van der Waals surface area contributed by atoms with Crippen molar-refractivity contribution in [2.75, 3.05) is 13.1 Å². The standard InChI is InChI=1S/C14H23N3/c1-3-16-8-5-7-13(16)12-10-17-9-4-6-11(2)14(17)15-12/h10-11,13H,3-9H2,1-2H3. The molecular formula is C14H23N3. The molecule has 3 nitrogen and oxygen atoms in total. The second-order valence-electron chi connectivity index (χ2n) is 5.55. The highest BCUT2D eigenvalue weighted by Gasteiger charge is 2.29. The zero-order valence-corrected chi connectivity index (χ0v) is 11.0. The Balaban J connectivity index is 1.89. The Hall–Kier alpha value is -0.830. The van der Waals surface area contributed by atoms with Crippen molar-refractivity contribution in [2.45, 2.75) is 58.0 Å². The molecule has 2 atom stereocenters. The lowest BCUT2D eigenvalue weighted by atomic mass is 10.0. The van der Waals surface area contributed by atoms with Crippen LogP contribution in [0.4, 0.5) is 0 Å². The average Bonchev–Trinajstić information content (AvgIpc) is 2.94. The van der Waals surface area contributed by atoms with Crippen molar-refractivity contribution in [2.24, 2.45) is 0 Å². The predicted molar refractivity (Wildman–Crippen MR) is 69.1 cm³/mol. The lowest BCUT2D eigenvalue weighted by Gasteiger charge is -2.20. The van der Waals surface area contributed by atoms with Crippen LogP contribution in [-0.2, 0) is 6.54 Å². The van der Waals surface area contributed by atoms with Gasteiger partial charge < -0.3 is 4.57 Å². The molecule has 2 aliphatic heterocycles. The van der Waals surface area contributed by atoms with Crippen molar-refractivity contribution in [1.82, 2.24) is 14.5 Å². The number of hydrogen-bond donors (Lipinski definition) is 0. The van der Waals surface area contributed by atoms with Crippen molar-refractivity contribution >= 4 is 0 Å². The third-order valence-electron chi connectivity index (χ3n) is 4.41. The Morgan fingerprint density at radius 1 is 1.29 bits per heavy atom. The van der Waals surface area contributed by atoms with E-state index in [9.17, 15) is 0 Å². The maximum absolute atomic E-state index is 4.93. The Morgan fingerprint density at radius 2 is 2.12 bits per heavy atom. The fourth-order valence-corrected chi connectivity index (χ4v) is 3.42. The fourth-order valence-electron chi connectivity index (χ4n) is 3.42. The molecule has 3 rings (SSSR count). The van der Waals surface area contributed by atoms with Gasteiger partial charge in [-0.1, -0.05) is 13.8 Å². The lowest BCUT2D eigenvalue weighted by Crippen LogP contribution is -2.22. The first kappa shape index (κ1) is 11.3. The molecule has 2 unspecified atom stereocenters. The molecule has 0 N–H and O–H groups in total. The van der Waals surface area contributed by atoms with Gasteiger partial charge in [0.05, 0.1) is 11.7 Å². The summed E-state index contributed by atoms with van der Waals surface area (Å²) in [7, 11) is 0. The summed E-state index contributed by atoms with van der Waals surface area (Å²) in [5.41, 5.74) is 1.33. The molecule has 17 heavy (non-hydrogen) atoms. The summed E-state index contributed by atoms with van der Waals surface area (Å²) in [5, 5.41) is 0. The Kier molecular flexibility index (Phi) is 2.95. The third kappa shape index (κ3) is 1.90. The molecule has 0 bridgehead atoms. The van der Waals surface area contributed by atoms with Gasteiger partial charge in [-0.25, -0.2) is 4.98 Å². The minimum atomic E-state index is 0.588. The average molecular weight is 233 g/mol. The Bertz CT molecular complexity index is 396. The van der Waals surface area contributed by atoms with Crippen molar-refractivity contribution in [3.8, 4) is 0 Å². The topological polar surface area (TPSA) is 21.1 Å². The van der Waals surface area contributed by atoms with Gasteiger partial charge in [0, 0.05) is 18.7 Å². The van der Waals surface area contributed by atoms with Crippen LogP contribution in [0.5, 0.6) is 0 Å². The molecule has 1 aromatic rings. The molecular weight excluding hydrogens is 210 g/mol. The molecule has 0 aliphatic carbocycles. The van der Waals surface area contributed by atoms with Gasteiger partial charge in [0.1, 0.15) is 5.82 Å². The first-order valence-electron chi connectivity index (χ1n) is 7.10. The number of likely N-dealkylation sites (tertiary alicyclic amines) is 1. The van der Waals surface area contributed by atoms with Crippen LogP contribution in [0.15, 0.2) is 6.20 Å². The summed E-state index contributed by atoms with van der Waals surface area (Å²) < 4.78 is 2.40. The van der Waals surface area contributed by atoms with E-state index in [0.717, 1.165) is 6.54 Å². The van der Waals surface area contributed by atoms with E-state index in [2.05, 4.69) is 29.5 Å². The van der Waals surface area contributed by atoms with Crippen LogP contribution in [0, 0.1) is 0 Å². The van der Waals surface area contributed by atoms with E-state index in [1.54, 1.807) is 0 Å². The molecule has 94 valence electrons. The minimum Gasteiger partial charge on any atom is -0.334 e. The summed E-state index contributed by atoms with van der Waals surface area (Å²) in [6.45, 7) is 8.15. The van der Waals surface area contributed by atoms with Crippen LogP contribution < -0.4 is 0 Å². The maximum atomic E-state index is 4.93. The van der Waals surface area contributed by atoms with Gasteiger partial charge in [0.2, 0.25) is 0 Å². The van der Waals surface area contributed by atoms with Crippen molar-refractivity contribution in [3.63, 3.8) is 0 Å². The summed E-state index contributed by atoms with van der Waals surface area (Å²) >= 11 is 0. The highest BCUT2D eigenvalue weighted by Crippen LogP contribution is 2.34. The monoisotopic (exact) mass is 233 g/mol. The second kappa shape index (κ2) is 4.45. The van der Waals surface area contributed by atoms with Crippen LogP contribution >= 0.6 is 0 Å². The molecule has 0 amide bonds. The van der Waals surface area contributed by atoms with Gasteiger partial charge in [0.25, 0.3) is 0 Å². The minimum absolute atomic E-state index is 0.588. The van der Waals surface area contributed by atoms with E-state index in [-0.39, 0.29) is 0 Å². The van der Waals surface area contributed by atoms with E-state index in [0.29, 0.717) is 12.0 Å². The maximum Gasteiger partial charge on any atom is 0.111 e. The van der Waals surface area contributed by atoms with Crippen LogP contribution in [0.2, 0.25) is 0 Å². The summed E-state index contributed by atoms with van der Waals surface area (Å²) in [6, 6.07) is 0.588. The largest absolute Gasteiger partial charge is 0.334 e. The first-order chi connectivity index (χ1) is 8.29.